The number of nitrogens with zero attached hydrogens (tertiary/aromatic N) is 10. The van der Waals surface area contributed by atoms with Crippen LogP contribution in [0.2, 0.25) is 0 Å². The summed E-state index contributed by atoms with van der Waals surface area (Å²) in [6, 6.07) is 67.4. The molecule has 0 atom stereocenters. The van der Waals surface area contributed by atoms with Crippen molar-refractivity contribution in [2.24, 2.45) is 0 Å². The van der Waals surface area contributed by atoms with Crippen LogP contribution >= 0.6 is 23.5 Å². The standard InChI is InChI=1S/C62H38N10S2/c1-5-23-57-51(19-1)71(52-20-2-6-24-58(52)73-57)55-33-41(47-35-49(45-17-9-11-29-65-45)69-61(67-47)39-15-13-27-63-37-39)32-44-43(55)31-42(34-56(44)72-53-21-3-7-25-59(53)74-60-26-8-4-22-54(60)72)48-36-50(46-18-10-12-30-66-46)70-62(68-48)40-16-14-28-64-38-40/h1-38H. The van der Waals surface area contributed by atoms with E-state index in [0.717, 1.165) is 110 Å². The van der Waals surface area contributed by atoms with E-state index >= 15 is 0 Å². The summed E-state index contributed by atoms with van der Waals surface area (Å²) in [6.45, 7) is 0. The highest BCUT2D eigenvalue weighted by Crippen LogP contribution is 2.57. The molecule has 6 aromatic heterocycles. The average Bonchev–Trinajstić information content (AvgIpc) is 3.48. The van der Waals surface area contributed by atoms with E-state index in [2.05, 4.69) is 153 Å². The molecular weight excluding hydrogens is 949 g/mol. The summed E-state index contributed by atoms with van der Waals surface area (Å²) in [4.78, 5) is 48.9. The first-order chi connectivity index (χ1) is 36.7. The molecule has 8 heterocycles. The SMILES string of the molecule is c1ccc(-c2cc(-c3cc(N4c5ccccc5Sc5ccccc54)c4cc(-c5cc(-c6ccccn6)nc(-c6cccnc6)n5)cc(N5c6ccccc6Sc6ccccc65)c4c3)nc(-c3cccnc3)n2)nc1. The number of benzene rings is 6. The maximum Gasteiger partial charge on any atom is 0.162 e. The van der Waals surface area contributed by atoms with E-state index in [9.17, 15) is 0 Å². The van der Waals surface area contributed by atoms with Crippen LogP contribution in [0, 0.1) is 0 Å². The second-order valence-electron chi connectivity index (χ2n) is 17.7. The molecule has 10 nitrogen and oxygen atoms in total. The van der Waals surface area contributed by atoms with Crippen molar-refractivity contribution in [2.75, 3.05) is 9.80 Å². The minimum atomic E-state index is 0.548. The third kappa shape index (κ3) is 7.80. The number of para-hydroxylation sites is 4. The second kappa shape index (κ2) is 18.4. The molecule has 12 heteroatoms. The topological polar surface area (TPSA) is 110 Å². The van der Waals surface area contributed by atoms with Crippen LogP contribution in [0.5, 0.6) is 0 Å². The third-order valence-electron chi connectivity index (χ3n) is 13.1. The van der Waals surface area contributed by atoms with Gasteiger partial charge < -0.3 is 9.80 Å². The molecule has 0 bridgehead atoms. The number of hydrogen-bond acceptors (Lipinski definition) is 12. The summed E-state index contributed by atoms with van der Waals surface area (Å²) in [6.07, 6.45) is 10.7. The van der Waals surface area contributed by atoms with Gasteiger partial charge >= 0.3 is 0 Å². The van der Waals surface area contributed by atoms with Crippen molar-refractivity contribution in [1.29, 1.82) is 0 Å². The summed E-state index contributed by atoms with van der Waals surface area (Å²) < 4.78 is 0. The van der Waals surface area contributed by atoms with Crippen molar-refractivity contribution in [2.45, 2.75) is 19.6 Å². The predicted molar refractivity (Wildman–Crippen MR) is 297 cm³/mol. The van der Waals surface area contributed by atoms with Crippen LogP contribution in [0.15, 0.2) is 251 Å². The number of anilines is 6. The van der Waals surface area contributed by atoms with Crippen molar-refractivity contribution in [1.82, 2.24) is 39.9 Å². The quantitative estimate of drug-likeness (QED) is 0.145. The van der Waals surface area contributed by atoms with E-state index in [1.54, 1.807) is 60.7 Å². The van der Waals surface area contributed by atoms with Gasteiger partial charge in [-0.05, 0) is 133 Å². The van der Waals surface area contributed by atoms with Crippen molar-refractivity contribution in [3.63, 3.8) is 0 Å². The molecule has 0 unspecified atom stereocenters. The first kappa shape index (κ1) is 43.4. The smallest absolute Gasteiger partial charge is 0.162 e. The Kier molecular flexibility index (Phi) is 10.8. The highest BCUT2D eigenvalue weighted by atomic mass is 32.2. The Hall–Kier alpha value is -9.36. The van der Waals surface area contributed by atoms with Gasteiger partial charge in [0.15, 0.2) is 11.6 Å². The van der Waals surface area contributed by atoms with Gasteiger partial charge in [-0.1, -0.05) is 84.2 Å². The minimum absolute atomic E-state index is 0.548. The first-order valence-electron chi connectivity index (χ1n) is 24.0. The van der Waals surface area contributed by atoms with Gasteiger partial charge in [-0.3, -0.25) is 19.9 Å². The van der Waals surface area contributed by atoms with Crippen molar-refractivity contribution >= 4 is 68.4 Å². The monoisotopic (exact) mass is 986 g/mol. The van der Waals surface area contributed by atoms with Gasteiger partial charge in [-0.2, -0.15) is 0 Å². The lowest BCUT2D eigenvalue weighted by molar-refractivity contribution is 1.15. The fraction of sp³-hybridized carbons (Fsp3) is 0. The van der Waals surface area contributed by atoms with Crippen LogP contribution in [0.25, 0.3) is 78.8 Å². The zero-order valence-electron chi connectivity index (χ0n) is 39.2. The summed E-state index contributed by atoms with van der Waals surface area (Å²) in [5.74, 6) is 1.10. The molecule has 0 saturated heterocycles. The van der Waals surface area contributed by atoms with E-state index in [4.69, 9.17) is 29.9 Å². The van der Waals surface area contributed by atoms with Crippen molar-refractivity contribution in [3.8, 4) is 68.1 Å². The first-order valence-corrected chi connectivity index (χ1v) is 25.7. The molecule has 0 aliphatic carbocycles. The maximum atomic E-state index is 5.39. The zero-order chi connectivity index (χ0) is 49.0. The highest BCUT2D eigenvalue weighted by molar-refractivity contribution is 8.00. The van der Waals surface area contributed by atoms with Gasteiger partial charge in [0.1, 0.15) is 0 Å². The van der Waals surface area contributed by atoms with Crippen LogP contribution in [0.4, 0.5) is 34.1 Å². The molecule has 14 rings (SSSR count). The van der Waals surface area contributed by atoms with Gasteiger partial charge in [0.2, 0.25) is 0 Å². The van der Waals surface area contributed by atoms with E-state index in [0.29, 0.717) is 23.0 Å². The Morgan fingerprint density at radius 2 is 0.662 bits per heavy atom. The molecule has 348 valence electrons. The molecule has 2 aliphatic rings. The van der Waals surface area contributed by atoms with Gasteiger partial charge in [0.05, 0.1) is 68.3 Å². The molecule has 0 spiro atoms. The fourth-order valence-corrected chi connectivity index (χ4v) is 11.9. The number of hydrogen-bond donors (Lipinski definition) is 0. The van der Waals surface area contributed by atoms with Crippen LogP contribution in [0.3, 0.4) is 0 Å². The molecule has 0 amide bonds. The molecule has 12 aromatic rings. The summed E-state index contributed by atoms with van der Waals surface area (Å²) in [5.41, 5.74) is 13.9. The molecule has 0 fully saturated rings. The Morgan fingerprint density at radius 3 is 1.03 bits per heavy atom. The number of fused-ring (bicyclic) bond motifs is 5. The second-order valence-corrected chi connectivity index (χ2v) is 19.8. The lowest BCUT2D eigenvalue weighted by Gasteiger charge is -2.36. The summed E-state index contributed by atoms with van der Waals surface area (Å²) >= 11 is 3.56. The summed E-state index contributed by atoms with van der Waals surface area (Å²) in [7, 11) is 0. The van der Waals surface area contributed by atoms with Crippen LogP contribution < -0.4 is 9.80 Å². The van der Waals surface area contributed by atoms with Crippen LogP contribution in [-0.4, -0.2) is 39.9 Å². The number of pyridine rings is 4. The Bertz CT molecular complexity index is 3640. The molecular formula is C62H38N10S2. The minimum Gasteiger partial charge on any atom is -0.308 e. The van der Waals surface area contributed by atoms with Gasteiger partial charge in [-0.25, -0.2) is 19.9 Å². The molecule has 6 aromatic carbocycles. The lowest BCUT2D eigenvalue weighted by atomic mass is 9.95. The van der Waals surface area contributed by atoms with E-state index in [-0.39, 0.29) is 0 Å². The normalized spacial score (nSPS) is 12.4. The highest BCUT2D eigenvalue weighted by Gasteiger charge is 2.31. The van der Waals surface area contributed by atoms with E-state index in [1.165, 1.54) is 0 Å². The Labute approximate surface area is 434 Å². The van der Waals surface area contributed by atoms with Gasteiger partial charge in [-0.15, -0.1) is 0 Å². The molecule has 0 radical (unpaired) electrons. The van der Waals surface area contributed by atoms with E-state index in [1.807, 2.05) is 60.7 Å². The Balaban J connectivity index is 1.13. The lowest BCUT2D eigenvalue weighted by Crippen LogP contribution is -2.17. The van der Waals surface area contributed by atoms with Crippen LogP contribution in [0.1, 0.15) is 0 Å². The van der Waals surface area contributed by atoms with Crippen LogP contribution in [-0.2, 0) is 0 Å². The molecule has 0 N–H and O–H groups in total. The van der Waals surface area contributed by atoms with Crippen molar-refractivity contribution < 1.29 is 0 Å². The average molecular weight is 987 g/mol. The van der Waals surface area contributed by atoms with Crippen molar-refractivity contribution in [3.05, 3.63) is 231 Å². The molecule has 74 heavy (non-hydrogen) atoms. The number of rotatable bonds is 8. The zero-order valence-corrected chi connectivity index (χ0v) is 40.9. The largest absolute Gasteiger partial charge is 0.308 e. The molecule has 0 saturated carbocycles. The maximum absolute atomic E-state index is 5.39. The van der Waals surface area contributed by atoms with E-state index < -0.39 is 0 Å². The third-order valence-corrected chi connectivity index (χ3v) is 15.4. The number of aromatic nitrogens is 8. The molecule has 2 aliphatic heterocycles. The fourth-order valence-electron chi connectivity index (χ4n) is 9.75. The Morgan fingerprint density at radius 1 is 0.284 bits per heavy atom. The summed E-state index contributed by atoms with van der Waals surface area (Å²) in [5, 5.41) is 2.00. The predicted octanol–water partition coefficient (Wildman–Crippen LogP) is 15.9. The van der Waals surface area contributed by atoms with Gasteiger partial charge in [0.25, 0.3) is 0 Å². The van der Waals surface area contributed by atoms with Gasteiger partial charge in [0, 0.05) is 89.8 Å².